The predicted octanol–water partition coefficient (Wildman–Crippen LogP) is 2.05. The van der Waals surface area contributed by atoms with Crippen molar-refractivity contribution in [2.45, 2.75) is 38.3 Å². The molecule has 2 rings (SSSR count). The lowest BCUT2D eigenvalue weighted by molar-refractivity contribution is 0.0503. The Morgan fingerprint density at radius 3 is 2.39 bits per heavy atom. The van der Waals surface area contributed by atoms with E-state index in [-0.39, 0.29) is 17.9 Å². The zero-order chi connectivity index (χ0) is 17.0. The molecule has 1 aromatic carbocycles. The third kappa shape index (κ3) is 4.69. The second-order valence-corrected chi connectivity index (χ2v) is 6.63. The zero-order valence-electron chi connectivity index (χ0n) is 14.0. The van der Waals surface area contributed by atoms with Crippen LogP contribution in [0.4, 0.5) is 4.79 Å². The van der Waals surface area contributed by atoms with Crippen LogP contribution in [0, 0.1) is 0 Å². The number of carbonyl (C=O) groups is 2. The molecule has 1 aromatic rings. The number of methoxy groups -OCH3 is 1. The maximum Gasteiger partial charge on any atom is 0.407 e. The van der Waals surface area contributed by atoms with Gasteiger partial charge in [0.15, 0.2) is 0 Å². The minimum absolute atomic E-state index is 0.0474. The highest BCUT2D eigenvalue weighted by Gasteiger charge is 2.31. The Morgan fingerprint density at radius 1 is 1.17 bits per heavy atom. The Bertz CT molecular complexity index is 563. The molecule has 126 valence electrons. The number of hydrogen-bond donors (Lipinski definition) is 2. The quantitative estimate of drug-likeness (QED) is 0.834. The lowest BCUT2D eigenvalue weighted by Gasteiger charge is -2.24. The third-order valence-electron chi connectivity index (χ3n) is 3.68. The molecule has 0 aliphatic carbocycles. The van der Waals surface area contributed by atoms with E-state index in [1.54, 1.807) is 12.1 Å². The first-order chi connectivity index (χ1) is 10.8. The van der Waals surface area contributed by atoms with E-state index < -0.39 is 11.7 Å². The van der Waals surface area contributed by atoms with Gasteiger partial charge in [-0.25, -0.2) is 9.59 Å². The SMILES string of the molecule is COC(=O)c1ccc([C@@H]2CNC[C@H]2NC(=O)OC(C)(C)C)cc1. The van der Waals surface area contributed by atoms with Gasteiger partial charge in [0.1, 0.15) is 5.60 Å². The lowest BCUT2D eigenvalue weighted by atomic mass is 9.93. The molecule has 1 heterocycles. The second-order valence-electron chi connectivity index (χ2n) is 6.63. The van der Waals surface area contributed by atoms with Gasteiger partial charge in [-0.3, -0.25) is 0 Å². The summed E-state index contributed by atoms with van der Waals surface area (Å²) in [4.78, 5) is 23.4. The molecule has 2 N–H and O–H groups in total. The number of alkyl carbamates (subject to hydrolysis) is 1. The lowest BCUT2D eigenvalue weighted by Crippen LogP contribution is -2.42. The Balaban J connectivity index is 2.04. The van der Waals surface area contributed by atoms with E-state index in [1.807, 2.05) is 32.9 Å². The fraction of sp³-hybridized carbons (Fsp3) is 0.529. The maximum atomic E-state index is 12.0. The van der Waals surface area contributed by atoms with E-state index in [0.717, 1.165) is 12.1 Å². The molecule has 23 heavy (non-hydrogen) atoms. The fourth-order valence-electron chi connectivity index (χ4n) is 2.62. The van der Waals surface area contributed by atoms with Crippen LogP contribution in [-0.4, -0.2) is 43.9 Å². The van der Waals surface area contributed by atoms with Gasteiger partial charge in [0.05, 0.1) is 18.7 Å². The minimum atomic E-state index is -0.520. The van der Waals surface area contributed by atoms with Gasteiger partial charge in [-0.15, -0.1) is 0 Å². The number of carbonyl (C=O) groups excluding carboxylic acids is 2. The molecule has 1 saturated heterocycles. The highest BCUT2D eigenvalue weighted by atomic mass is 16.6. The van der Waals surface area contributed by atoms with E-state index in [0.29, 0.717) is 12.1 Å². The van der Waals surface area contributed by atoms with Gasteiger partial charge in [0.25, 0.3) is 0 Å². The van der Waals surface area contributed by atoms with Gasteiger partial charge in [-0.1, -0.05) is 12.1 Å². The first-order valence-electron chi connectivity index (χ1n) is 7.68. The summed E-state index contributed by atoms with van der Waals surface area (Å²) in [6, 6.07) is 7.23. The van der Waals surface area contributed by atoms with Crippen molar-refractivity contribution in [3.63, 3.8) is 0 Å². The number of benzene rings is 1. The van der Waals surface area contributed by atoms with E-state index in [1.165, 1.54) is 7.11 Å². The first kappa shape index (κ1) is 17.3. The largest absolute Gasteiger partial charge is 0.465 e. The van der Waals surface area contributed by atoms with Gasteiger partial charge in [-0.2, -0.15) is 0 Å². The molecule has 2 atom stereocenters. The average molecular weight is 320 g/mol. The molecular weight excluding hydrogens is 296 g/mol. The molecule has 0 aromatic heterocycles. The molecule has 6 nitrogen and oxygen atoms in total. The minimum Gasteiger partial charge on any atom is -0.465 e. The van der Waals surface area contributed by atoms with Crippen molar-refractivity contribution >= 4 is 12.1 Å². The number of ether oxygens (including phenoxy) is 2. The second kappa shape index (κ2) is 7.00. The van der Waals surface area contributed by atoms with Gasteiger partial charge in [-0.05, 0) is 38.5 Å². The molecule has 0 saturated carbocycles. The molecule has 0 bridgehead atoms. The maximum absolute atomic E-state index is 12.0. The van der Waals surface area contributed by atoms with Gasteiger partial charge >= 0.3 is 12.1 Å². The standard InChI is InChI=1S/C17H24N2O4/c1-17(2,3)23-16(21)19-14-10-18-9-13(14)11-5-7-12(8-6-11)15(20)22-4/h5-8,13-14,18H,9-10H2,1-4H3,(H,19,21)/t13-,14+/m0/s1. The summed E-state index contributed by atoms with van der Waals surface area (Å²) < 4.78 is 10.0. The number of nitrogens with one attached hydrogen (secondary N) is 2. The topological polar surface area (TPSA) is 76.7 Å². The number of rotatable bonds is 3. The number of amides is 1. The molecule has 0 radical (unpaired) electrons. The Labute approximate surface area is 136 Å². The monoisotopic (exact) mass is 320 g/mol. The van der Waals surface area contributed by atoms with Crippen LogP contribution in [0.25, 0.3) is 0 Å². The van der Waals surface area contributed by atoms with Gasteiger partial charge < -0.3 is 20.1 Å². The zero-order valence-corrected chi connectivity index (χ0v) is 14.0. The Morgan fingerprint density at radius 2 is 1.83 bits per heavy atom. The third-order valence-corrected chi connectivity index (χ3v) is 3.68. The fourth-order valence-corrected chi connectivity index (χ4v) is 2.62. The summed E-state index contributed by atoms with van der Waals surface area (Å²) in [6.07, 6.45) is -0.414. The Kier molecular flexibility index (Phi) is 5.26. The van der Waals surface area contributed by atoms with Crippen molar-refractivity contribution in [1.82, 2.24) is 10.6 Å². The van der Waals surface area contributed by atoms with Crippen LogP contribution < -0.4 is 10.6 Å². The van der Waals surface area contributed by atoms with Crippen LogP contribution in [-0.2, 0) is 9.47 Å². The van der Waals surface area contributed by atoms with Gasteiger partial charge in [0.2, 0.25) is 0 Å². The molecule has 1 aliphatic heterocycles. The molecule has 0 spiro atoms. The molecule has 0 unspecified atom stereocenters. The van der Waals surface area contributed by atoms with Crippen molar-refractivity contribution in [2.24, 2.45) is 0 Å². The van der Waals surface area contributed by atoms with Crippen molar-refractivity contribution < 1.29 is 19.1 Å². The average Bonchev–Trinajstić information content (AvgIpc) is 2.92. The van der Waals surface area contributed by atoms with Crippen molar-refractivity contribution in [2.75, 3.05) is 20.2 Å². The highest BCUT2D eigenvalue weighted by molar-refractivity contribution is 5.89. The predicted molar refractivity (Wildman–Crippen MR) is 86.5 cm³/mol. The normalized spacial score (nSPS) is 20.9. The van der Waals surface area contributed by atoms with E-state index in [2.05, 4.69) is 10.6 Å². The summed E-state index contributed by atoms with van der Waals surface area (Å²) in [5.74, 6) is -0.223. The number of esters is 1. The van der Waals surface area contributed by atoms with E-state index >= 15 is 0 Å². The van der Waals surface area contributed by atoms with Crippen LogP contribution in [0.15, 0.2) is 24.3 Å². The smallest absolute Gasteiger partial charge is 0.407 e. The molecule has 1 aliphatic rings. The number of hydrogen-bond acceptors (Lipinski definition) is 5. The van der Waals surface area contributed by atoms with E-state index in [9.17, 15) is 9.59 Å². The molecule has 1 amide bonds. The van der Waals surface area contributed by atoms with Crippen molar-refractivity contribution in [3.8, 4) is 0 Å². The first-order valence-corrected chi connectivity index (χ1v) is 7.68. The van der Waals surface area contributed by atoms with Crippen LogP contribution in [0.5, 0.6) is 0 Å². The van der Waals surface area contributed by atoms with Crippen LogP contribution in [0.1, 0.15) is 42.6 Å². The summed E-state index contributed by atoms with van der Waals surface area (Å²) >= 11 is 0. The molecular formula is C17H24N2O4. The van der Waals surface area contributed by atoms with E-state index in [4.69, 9.17) is 9.47 Å². The molecule has 6 heteroatoms. The summed E-state index contributed by atoms with van der Waals surface area (Å²) in [5, 5.41) is 6.19. The van der Waals surface area contributed by atoms with Crippen LogP contribution in [0.3, 0.4) is 0 Å². The highest BCUT2D eigenvalue weighted by Crippen LogP contribution is 2.24. The summed E-state index contributed by atoms with van der Waals surface area (Å²) in [5.41, 5.74) is 1.05. The van der Waals surface area contributed by atoms with Crippen molar-refractivity contribution in [3.05, 3.63) is 35.4 Å². The van der Waals surface area contributed by atoms with Crippen LogP contribution in [0.2, 0.25) is 0 Å². The molecule has 1 fully saturated rings. The Hall–Kier alpha value is -2.08. The summed E-state index contributed by atoms with van der Waals surface area (Å²) in [6.45, 7) is 6.95. The van der Waals surface area contributed by atoms with Crippen LogP contribution >= 0.6 is 0 Å². The van der Waals surface area contributed by atoms with Gasteiger partial charge in [0, 0.05) is 19.0 Å². The summed E-state index contributed by atoms with van der Waals surface area (Å²) in [7, 11) is 1.36. The van der Waals surface area contributed by atoms with Crippen molar-refractivity contribution in [1.29, 1.82) is 0 Å².